The number of carbonyl (C=O) groups excluding carboxylic acids is 1. The van der Waals surface area contributed by atoms with Gasteiger partial charge in [0, 0.05) is 74.3 Å². The van der Waals surface area contributed by atoms with Crippen LogP contribution < -0.4 is 10.2 Å². The molecule has 0 amide bonds. The Morgan fingerprint density at radius 3 is 2.45 bits per heavy atom. The van der Waals surface area contributed by atoms with Gasteiger partial charge in [0.05, 0.1) is 29.0 Å². The molecule has 2 aromatic rings. The number of anilines is 1. The number of rotatable bonds is 8. The molecule has 2 aliphatic heterocycles. The zero-order valence-electron chi connectivity index (χ0n) is 25.1. The first-order valence-corrected chi connectivity index (χ1v) is 15.4. The highest BCUT2D eigenvalue weighted by molar-refractivity contribution is 7.99. The number of fused-ring (bicyclic) bond motifs is 1. The Hall–Kier alpha value is -2.90. The minimum Gasteiger partial charge on any atom is -0.374 e. The van der Waals surface area contributed by atoms with Crippen LogP contribution in [0.2, 0.25) is 5.02 Å². The van der Waals surface area contributed by atoms with Crippen molar-refractivity contribution in [3.8, 4) is 11.1 Å². The predicted molar refractivity (Wildman–Crippen MR) is 172 cm³/mol. The van der Waals surface area contributed by atoms with Gasteiger partial charge in [-0.15, -0.1) is 11.8 Å². The van der Waals surface area contributed by atoms with Crippen molar-refractivity contribution in [3.63, 3.8) is 0 Å². The number of nitrogens with zero attached hydrogens (tertiary/aromatic N) is 4. The number of hydrogen-bond donors (Lipinski definition) is 1. The molecule has 1 N–H and O–H groups in total. The molecule has 2 aromatic carbocycles. The van der Waals surface area contributed by atoms with Crippen LogP contribution in [0.15, 0.2) is 59.6 Å². The SMILES string of the molecule is C=CC=O.C=CN=C(c1cc(C(F)(F)F)c(-c2ccc(F)c(Cl)c2)c2c1N(C)CC(OCCNC)CS2)N1CCN(C)CC1. The van der Waals surface area contributed by atoms with E-state index in [1.165, 1.54) is 42.2 Å². The number of halogens is 5. The van der Waals surface area contributed by atoms with Crippen molar-refractivity contribution in [1.82, 2.24) is 15.1 Å². The fourth-order valence-corrected chi connectivity index (χ4v) is 6.49. The second-order valence-electron chi connectivity index (χ2n) is 10.2. The Kier molecular flexibility index (Phi) is 13.3. The molecular weight excluding hydrogens is 618 g/mol. The van der Waals surface area contributed by atoms with Crippen LogP contribution in [0.25, 0.3) is 11.1 Å². The first-order valence-electron chi connectivity index (χ1n) is 14.0. The number of thioether (sulfide) groups is 1. The largest absolute Gasteiger partial charge is 0.417 e. The summed E-state index contributed by atoms with van der Waals surface area (Å²) < 4.78 is 64.7. The zero-order chi connectivity index (χ0) is 32.4. The minimum absolute atomic E-state index is 0.0304. The Bertz CT molecular complexity index is 1340. The van der Waals surface area contributed by atoms with E-state index >= 15 is 0 Å². The molecule has 1 unspecified atom stereocenters. The molecule has 1 saturated heterocycles. The maximum atomic E-state index is 14.8. The van der Waals surface area contributed by atoms with E-state index in [1.807, 2.05) is 30.9 Å². The van der Waals surface area contributed by atoms with Gasteiger partial charge in [-0.2, -0.15) is 13.2 Å². The number of hydrogen-bond acceptors (Lipinski definition) is 7. The molecule has 4 rings (SSSR count). The van der Waals surface area contributed by atoms with Gasteiger partial charge in [-0.25, -0.2) is 9.38 Å². The number of likely N-dealkylation sites (N-methyl/N-ethyl adjacent to an activating group) is 3. The van der Waals surface area contributed by atoms with Crippen molar-refractivity contribution in [2.75, 3.05) is 77.7 Å². The lowest BCUT2D eigenvalue weighted by Gasteiger charge is -2.36. The number of amidine groups is 1. The van der Waals surface area contributed by atoms with E-state index in [0.29, 0.717) is 66.8 Å². The second kappa shape index (κ2) is 16.4. The maximum Gasteiger partial charge on any atom is 0.417 e. The van der Waals surface area contributed by atoms with Gasteiger partial charge in [0.1, 0.15) is 17.9 Å². The number of nitrogens with one attached hydrogen (secondary N) is 1. The number of alkyl halides is 3. The number of aliphatic imine (C=N–C) groups is 1. The van der Waals surface area contributed by atoms with Crippen molar-refractivity contribution < 1.29 is 27.1 Å². The standard InChI is InChI=1S/C28H34ClF4N5OS.C3H4O/c1-5-35-27(38-11-9-36(3)10-12-38)20-15-21(28(31,32)33)24(18-6-7-23(30)22(29)14-18)26-25(20)37(4)16-19(17-40-26)39-13-8-34-2;1-2-3-4/h5-7,14-15,19,34H,1,8-13,16-17H2,2-4H3;2-3H,1H2. The molecule has 0 saturated carbocycles. The molecule has 1 atom stereocenters. The number of benzene rings is 2. The van der Waals surface area contributed by atoms with Crippen LogP contribution >= 0.6 is 23.4 Å². The number of allylic oxidation sites excluding steroid dienone is 1. The molecule has 2 aliphatic rings. The predicted octanol–water partition coefficient (Wildman–Crippen LogP) is 5.82. The van der Waals surface area contributed by atoms with Crippen molar-refractivity contribution >= 4 is 41.2 Å². The third-order valence-electron chi connectivity index (χ3n) is 7.10. The zero-order valence-corrected chi connectivity index (χ0v) is 26.7. The van der Waals surface area contributed by atoms with Gasteiger partial charge in [0.25, 0.3) is 0 Å². The monoisotopic (exact) mass is 655 g/mol. The maximum absolute atomic E-state index is 14.8. The first-order chi connectivity index (χ1) is 21.0. The molecular formula is C31H38ClF4N5O2S. The summed E-state index contributed by atoms with van der Waals surface area (Å²) in [7, 11) is 5.70. The molecule has 0 radical (unpaired) electrons. The van der Waals surface area contributed by atoms with Crippen LogP contribution in [0.4, 0.5) is 23.2 Å². The number of aldehydes is 1. The average molecular weight is 656 g/mol. The molecule has 1 fully saturated rings. The normalized spacial score (nSPS) is 17.7. The topological polar surface area (TPSA) is 60.4 Å². The summed E-state index contributed by atoms with van der Waals surface area (Å²) in [6.45, 7) is 11.2. The van der Waals surface area contributed by atoms with Gasteiger partial charge in [-0.3, -0.25) is 4.79 Å². The van der Waals surface area contributed by atoms with Gasteiger partial charge in [0.15, 0.2) is 0 Å². The summed E-state index contributed by atoms with van der Waals surface area (Å²) in [6.07, 6.45) is -1.73. The molecule has 0 spiro atoms. The highest BCUT2D eigenvalue weighted by Crippen LogP contribution is 2.50. The van der Waals surface area contributed by atoms with E-state index < -0.39 is 17.6 Å². The van der Waals surface area contributed by atoms with Crippen LogP contribution in [0.5, 0.6) is 0 Å². The quantitative estimate of drug-likeness (QED) is 0.0961. The molecule has 13 heteroatoms. The van der Waals surface area contributed by atoms with Gasteiger partial charge < -0.3 is 24.8 Å². The lowest BCUT2D eigenvalue weighted by Crippen LogP contribution is -2.47. The van der Waals surface area contributed by atoms with E-state index in [1.54, 1.807) is 0 Å². The van der Waals surface area contributed by atoms with Crippen molar-refractivity contribution in [2.45, 2.75) is 17.2 Å². The van der Waals surface area contributed by atoms with Gasteiger partial charge in [-0.1, -0.05) is 30.8 Å². The van der Waals surface area contributed by atoms with Crippen LogP contribution in [-0.2, 0) is 15.7 Å². The van der Waals surface area contributed by atoms with E-state index in [0.717, 1.165) is 19.2 Å². The molecule has 7 nitrogen and oxygen atoms in total. The summed E-state index contributed by atoms with van der Waals surface area (Å²) in [5, 5.41) is 2.80. The minimum atomic E-state index is -4.70. The van der Waals surface area contributed by atoms with Gasteiger partial charge in [-0.05, 0) is 43.9 Å². The summed E-state index contributed by atoms with van der Waals surface area (Å²) in [4.78, 5) is 20.1. The molecule has 0 bridgehead atoms. The van der Waals surface area contributed by atoms with Crippen LogP contribution in [0.1, 0.15) is 11.1 Å². The lowest BCUT2D eigenvalue weighted by molar-refractivity contribution is -0.137. The summed E-state index contributed by atoms with van der Waals surface area (Å²) >= 11 is 7.37. The highest BCUT2D eigenvalue weighted by atomic mass is 35.5. The third kappa shape index (κ3) is 8.85. The van der Waals surface area contributed by atoms with E-state index in [-0.39, 0.29) is 22.3 Å². The van der Waals surface area contributed by atoms with Gasteiger partial charge >= 0.3 is 6.18 Å². The van der Waals surface area contributed by atoms with Crippen molar-refractivity contribution in [2.24, 2.45) is 4.99 Å². The number of carbonyl (C=O) groups is 1. The first kappa shape index (κ1) is 35.6. The van der Waals surface area contributed by atoms with Gasteiger partial charge in [0.2, 0.25) is 0 Å². The fourth-order valence-electron chi connectivity index (χ4n) is 4.98. The van der Waals surface area contributed by atoms with Crippen LogP contribution in [-0.4, -0.2) is 101 Å². The Morgan fingerprint density at radius 2 is 1.89 bits per heavy atom. The summed E-state index contributed by atoms with van der Waals surface area (Å²) in [5.41, 5.74) is 0.323. The Balaban J connectivity index is 0.00000124. The Morgan fingerprint density at radius 1 is 1.20 bits per heavy atom. The van der Waals surface area contributed by atoms with E-state index in [4.69, 9.17) is 21.1 Å². The molecule has 44 heavy (non-hydrogen) atoms. The summed E-state index contributed by atoms with van der Waals surface area (Å²) in [6, 6.07) is 4.87. The highest BCUT2D eigenvalue weighted by Gasteiger charge is 2.40. The molecule has 2 heterocycles. The van der Waals surface area contributed by atoms with Crippen molar-refractivity contribution in [3.05, 3.63) is 71.7 Å². The summed E-state index contributed by atoms with van der Waals surface area (Å²) in [5.74, 6) is 0.182. The smallest absolute Gasteiger partial charge is 0.374 e. The van der Waals surface area contributed by atoms with Crippen LogP contribution in [0.3, 0.4) is 0 Å². The average Bonchev–Trinajstić information content (AvgIpc) is 3.15. The lowest BCUT2D eigenvalue weighted by atomic mass is 9.93. The molecule has 0 aliphatic carbocycles. The molecule has 240 valence electrons. The third-order valence-corrected chi connectivity index (χ3v) is 8.62. The number of ether oxygens (including phenoxy) is 1. The molecule has 0 aromatic heterocycles. The number of piperazine rings is 1. The van der Waals surface area contributed by atoms with Crippen molar-refractivity contribution in [1.29, 1.82) is 0 Å². The van der Waals surface area contributed by atoms with E-state index in [9.17, 15) is 17.6 Å². The fraction of sp³-hybridized carbons (Fsp3) is 0.419. The Labute approximate surface area is 265 Å². The van der Waals surface area contributed by atoms with E-state index in [2.05, 4.69) is 28.4 Å². The van der Waals surface area contributed by atoms with Crippen LogP contribution in [0, 0.1) is 5.82 Å². The second-order valence-corrected chi connectivity index (χ2v) is 11.7.